The number of nitrogens with zero attached hydrogens (tertiary/aromatic N) is 2. The van der Waals surface area contributed by atoms with E-state index in [-0.39, 0.29) is 0 Å². The minimum atomic E-state index is 0.560. The van der Waals surface area contributed by atoms with Crippen molar-refractivity contribution in [2.24, 2.45) is 0 Å². The van der Waals surface area contributed by atoms with Gasteiger partial charge in [-0.1, -0.05) is 0 Å². The van der Waals surface area contributed by atoms with Gasteiger partial charge in [-0.05, 0) is 31.3 Å². The van der Waals surface area contributed by atoms with Gasteiger partial charge in [0, 0.05) is 25.4 Å². The first kappa shape index (κ1) is 14.3. The summed E-state index contributed by atoms with van der Waals surface area (Å²) in [6, 6.07) is 3.94. The molecule has 2 rings (SSSR count). The highest BCUT2D eigenvalue weighted by atomic mass is 32.1. The molecule has 0 unspecified atom stereocenters. The first-order chi connectivity index (χ1) is 9.72. The van der Waals surface area contributed by atoms with Crippen molar-refractivity contribution in [1.82, 2.24) is 25.6 Å². The Morgan fingerprint density at radius 3 is 3.00 bits per heavy atom. The van der Waals surface area contributed by atoms with Crippen molar-refractivity contribution in [3.63, 3.8) is 0 Å². The van der Waals surface area contributed by atoms with Gasteiger partial charge in [0.25, 0.3) is 0 Å². The summed E-state index contributed by atoms with van der Waals surface area (Å²) in [4.78, 5) is 11.8. The summed E-state index contributed by atoms with van der Waals surface area (Å²) < 4.78 is 0. The monoisotopic (exact) mass is 290 g/mol. The third kappa shape index (κ3) is 3.67. The number of thiocarbonyl (C=S) groups is 1. The lowest BCUT2D eigenvalue weighted by atomic mass is 10.2. The second-order valence-corrected chi connectivity index (χ2v) is 4.54. The van der Waals surface area contributed by atoms with Crippen molar-refractivity contribution < 1.29 is 0 Å². The van der Waals surface area contributed by atoms with Crippen LogP contribution in [-0.4, -0.2) is 33.7 Å². The molecule has 0 atom stereocenters. The predicted molar refractivity (Wildman–Crippen MR) is 84.5 cm³/mol. The molecular formula is C13H18N6S. The molecule has 4 N–H and O–H groups in total. The molecule has 0 aliphatic heterocycles. The zero-order chi connectivity index (χ0) is 14.4. The van der Waals surface area contributed by atoms with E-state index in [1.54, 1.807) is 13.2 Å². The topological polar surface area (TPSA) is 77.7 Å². The molecule has 0 aliphatic carbocycles. The maximum atomic E-state index is 5.02. The van der Waals surface area contributed by atoms with E-state index in [4.69, 9.17) is 12.2 Å². The second kappa shape index (κ2) is 6.85. The van der Waals surface area contributed by atoms with Gasteiger partial charge >= 0.3 is 0 Å². The Balaban J connectivity index is 2.08. The number of H-pyrrole nitrogens is 1. The van der Waals surface area contributed by atoms with Gasteiger partial charge in [-0.3, -0.25) is 0 Å². The van der Waals surface area contributed by atoms with Gasteiger partial charge in [0.1, 0.15) is 11.6 Å². The summed E-state index contributed by atoms with van der Waals surface area (Å²) >= 11 is 5.02. The summed E-state index contributed by atoms with van der Waals surface area (Å²) in [7, 11) is 1.78. The maximum absolute atomic E-state index is 5.02. The van der Waals surface area contributed by atoms with Gasteiger partial charge in [-0.2, -0.15) is 0 Å². The molecule has 2 aromatic rings. The van der Waals surface area contributed by atoms with Crippen molar-refractivity contribution >= 4 is 23.1 Å². The number of anilines is 1. The Morgan fingerprint density at radius 1 is 1.40 bits per heavy atom. The molecule has 106 valence electrons. The van der Waals surface area contributed by atoms with Crippen LogP contribution in [0.1, 0.15) is 12.7 Å². The van der Waals surface area contributed by atoms with Crippen molar-refractivity contribution in [3.8, 4) is 11.3 Å². The van der Waals surface area contributed by atoms with Crippen LogP contribution in [0.2, 0.25) is 0 Å². The van der Waals surface area contributed by atoms with E-state index < -0.39 is 0 Å². The first-order valence-corrected chi connectivity index (χ1v) is 6.83. The fraction of sp³-hybridized carbons (Fsp3) is 0.308. The van der Waals surface area contributed by atoms with Gasteiger partial charge in [-0.25, -0.2) is 9.97 Å². The molecule has 0 radical (unpaired) electrons. The smallest absolute Gasteiger partial charge is 0.166 e. The average molecular weight is 290 g/mol. The van der Waals surface area contributed by atoms with E-state index in [1.165, 1.54) is 0 Å². The van der Waals surface area contributed by atoms with E-state index in [0.717, 1.165) is 29.4 Å². The van der Waals surface area contributed by atoms with Crippen LogP contribution in [0.3, 0.4) is 0 Å². The SMILES string of the molecule is CCNc1cc(-c2cnc(CNC(=S)NC)[nH]2)ccn1. The molecule has 0 aliphatic rings. The van der Waals surface area contributed by atoms with E-state index in [0.29, 0.717) is 11.7 Å². The van der Waals surface area contributed by atoms with Crippen LogP contribution in [0.5, 0.6) is 0 Å². The van der Waals surface area contributed by atoms with Crippen LogP contribution in [0.15, 0.2) is 24.5 Å². The predicted octanol–water partition coefficient (Wildman–Crippen LogP) is 1.50. The first-order valence-electron chi connectivity index (χ1n) is 6.42. The Morgan fingerprint density at radius 2 is 2.25 bits per heavy atom. The lowest BCUT2D eigenvalue weighted by molar-refractivity contribution is 0.833. The van der Waals surface area contributed by atoms with Crippen molar-refractivity contribution in [3.05, 3.63) is 30.4 Å². The lowest BCUT2D eigenvalue weighted by Crippen LogP contribution is -2.32. The number of rotatable bonds is 5. The second-order valence-electron chi connectivity index (χ2n) is 4.14. The number of imidazole rings is 1. The zero-order valence-electron chi connectivity index (χ0n) is 11.5. The van der Waals surface area contributed by atoms with Crippen LogP contribution in [-0.2, 0) is 6.54 Å². The van der Waals surface area contributed by atoms with E-state index in [9.17, 15) is 0 Å². The molecule has 0 amide bonds. The van der Waals surface area contributed by atoms with Crippen molar-refractivity contribution in [2.75, 3.05) is 18.9 Å². The van der Waals surface area contributed by atoms with Crippen molar-refractivity contribution in [2.45, 2.75) is 13.5 Å². The van der Waals surface area contributed by atoms with Gasteiger partial charge in [0.15, 0.2) is 5.11 Å². The number of aromatic amines is 1. The Labute approximate surface area is 123 Å². The molecule has 2 aromatic heterocycles. The van der Waals surface area contributed by atoms with E-state index >= 15 is 0 Å². The summed E-state index contributed by atoms with van der Waals surface area (Å²) in [5.41, 5.74) is 2.00. The third-order valence-corrected chi connectivity index (χ3v) is 3.05. The molecule has 2 heterocycles. The Hall–Kier alpha value is -2.15. The quantitative estimate of drug-likeness (QED) is 0.625. The normalized spacial score (nSPS) is 10.1. The Bertz CT molecular complexity index is 580. The summed E-state index contributed by atoms with van der Waals surface area (Å²) in [6.07, 6.45) is 3.59. The fourth-order valence-corrected chi connectivity index (χ4v) is 1.80. The molecule has 7 heteroatoms. The molecule has 6 nitrogen and oxygen atoms in total. The van der Waals surface area contributed by atoms with Gasteiger partial charge in [0.2, 0.25) is 0 Å². The van der Waals surface area contributed by atoms with Gasteiger partial charge < -0.3 is 20.9 Å². The summed E-state index contributed by atoms with van der Waals surface area (Å²) in [6.45, 7) is 3.44. The van der Waals surface area contributed by atoms with Gasteiger partial charge in [0.05, 0.1) is 18.4 Å². The fourth-order valence-electron chi connectivity index (χ4n) is 1.73. The number of nitrogens with one attached hydrogen (secondary N) is 4. The minimum absolute atomic E-state index is 0.560. The molecule has 0 bridgehead atoms. The third-order valence-electron chi connectivity index (χ3n) is 2.70. The molecule has 0 saturated carbocycles. The maximum Gasteiger partial charge on any atom is 0.166 e. The van der Waals surface area contributed by atoms with Crippen LogP contribution in [0.25, 0.3) is 11.3 Å². The minimum Gasteiger partial charge on any atom is -0.370 e. The molecular weight excluding hydrogens is 272 g/mol. The van der Waals surface area contributed by atoms with E-state index in [1.807, 2.05) is 25.3 Å². The van der Waals surface area contributed by atoms with Gasteiger partial charge in [-0.15, -0.1) is 0 Å². The number of hydrogen-bond donors (Lipinski definition) is 4. The molecule has 0 spiro atoms. The highest BCUT2D eigenvalue weighted by Crippen LogP contribution is 2.19. The van der Waals surface area contributed by atoms with Crippen LogP contribution in [0, 0.1) is 0 Å². The molecule has 0 saturated heterocycles. The Kier molecular flexibility index (Phi) is 4.89. The van der Waals surface area contributed by atoms with Crippen molar-refractivity contribution in [1.29, 1.82) is 0 Å². The lowest BCUT2D eigenvalue weighted by Gasteiger charge is -2.05. The average Bonchev–Trinajstić information content (AvgIpc) is 2.94. The van der Waals surface area contributed by atoms with Crippen LogP contribution in [0.4, 0.5) is 5.82 Å². The largest absolute Gasteiger partial charge is 0.370 e. The number of pyridine rings is 1. The van der Waals surface area contributed by atoms with Crippen LogP contribution >= 0.6 is 12.2 Å². The number of hydrogen-bond acceptors (Lipinski definition) is 4. The highest BCUT2D eigenvalue weighted by Gasteiger charge is 2.05. The molecule has 0 aromatic carbocycles. The molecule has 0 fully saturated rings. The number of aromatic nitrogens is 3. The molecule has 20 heavy (non-hydrogen) atoms. The standard InChI is InChI=1S/C13H18N6S/c1-3-15-11-6-9(4-5-16-11)10-7-17-12(19-10)8-18-13(20)14-2/h4-7H,3,8H2,1-2H3,(H,15,16)(H,17,19)(H2,14,18,20). The van der Waals surface area contributed by atoms with Crippen LogP contribution < -0.4 is 16.0 Å². The zero-order valence-corrected chi connectivity index (χ0v) is 12.3. The summed E-state index contributed by atoms with van der Waals surface area (Å²) in [5.74, 6) is 1.69. The highest BCUT2D eigenvalue weighted by molar-refractivity contribution is 7.80. The summed E-state index contributed by atoms with van der Waals surface area (Å²) in [5, 5.41) is 9.69. The van der Waals surface area contributed by atoms with E-state index in [2.05, 4.69) is 30.9 Å².